The molecule has 124 valence electrons. The van der Waals surface area contributed by atoms with Gasteiger partial charge in [0, 0.05) is 6.54 Å². The average molecular weight is 338 g/mol. The van der Waals surface area contributed by atoms with E-state index in [1.807, 2.05) is 0 Å². The van der Waals surface area contributed by atoms with Crippen molar-refractivity contribution >= 4 is 21.8 Å². The molecule has 2 aliphatic rings. The SMILES string of the molecule is O=C1c2ccccc2C(=O)N1CCS(=O)(=O)NOC1CCCC1. The number of carbonyl (C=O) groups is 2. The molecule has 0 bridgehead atoms. The molecule has 0 radical (unpaired) electrons. The molecule has 1 aromatic rings. The molecule has 1 aliphatic carbocycles. The van der Waals surface area contributed by atoms with E-state index < -0.39 is 21.8 Å². The van der Waals surface area contributed by atoms with Crippen molar-refractivity contribution in [3.8, 4) is 0 Å². The first-order valence-electron chi connectivity index (χ1n) is 7.58. The molecular formula is C15H18N2O5S. The van der Waals surface area contributed by atoms with Crippen molar-refractivity contribution in [3.63, 3.8) is 0 Å². The third-order valence-corrected chi connectivity index (χ3v) is 5.18. The number of hydrogen-bond donors (Lipinski definition) is 1. The van der Waals surface area contributed by atoms with Gasteiger partial charge in [-0.15, -0.1) is 0 Å². The number of amides is 2. The summed E-state index contributed by atoms with van der Waals surface area (Å²) in [7, 11) is -3.71. The highest BCUT2D eigenvalue weighted by molar-refractivity contribution is 7.89. The molecule has 23 heavy (non-hydrogen) atoms. The predicted octanol–water partition coefficient (Wildman–Crippen LogP) is 1.08. The lowest BCUT2D eigenvalue weighted by molar-refractivity contribution is 0.0222. The average Bonchev–Trinajstić information content (AvgIpc) is 3.13. The third-order valence-electron chi connectivity index (χ3n) is 4.11. The molecule has 0 aromatic heterocycles. The number of nitrogens with one attached hydrogen (secondary N) is 1. The van der Waals surface area contributed by atoms with Gasteiger partial charge in [0.2, 0.25) is 10.0 Å². The summed E-state index contributed by atoms with van der Waals surface area (Å²) in [5.41, 5.74) is 0.620. The van der Waals surface area contributed by atoms with Gasteiger partial charge >= 0.3 is 0 Å². The maximum Gasteiger partial charge on any atom is 0.261 e. The van der Waals surface area contributed by atoms with Crippen molar-refractivity contribution in [1.82, 2.24) is 9.79 Å². The number of sulfonamides is 1. The van der Waals surface area contributed by atoms with Crippen LogP contribution in [0.2, 0.25) is 0 Å². The summed E-state index contributed by atoms with van der Waals surface area (Å²) in [6.45, 7) is -0.199. The summed E-state index contributed by atoms with van der Waals surface area (Å²) in [6.07, 6.45) is 3.63. The lowest BCUT2D eigenvalue weighted by atomic mass is 10.1. The first kappa shape index (κ1) is 16.1. The van der Waals surface area contributed by atoms with Gasteiger partial charge in [0.15, 0.2) is 0 Å². The van der Waals surface area contributed by atoms with Crippen molar-refractivity contribution < 1.29 is 22.8 Å². The zero-order valence-electron chi connectivity index (χ0n) is 12.5. The van der Waals surface area contributed by atoms with Crippen molar-refractivity contribution in [3.05, 3.63) is 35.4 Å². The smallest absolute Gasteiger partial charge is 0.261 e. The largest absolute Gasteiger partial charge is 0.284 e. The number of rotatable bonds is 6. The van der Waals surface area contributed by atoms with Crippen LogP contribution in [0.1, 0.15) is 46.4 Å². The molecule has 1 saturated carbocycles. The second kappa shape index (κ2) is 6.38. The Morgan fingerprint density at radius 3 is 2.22 bits per heavy atom. The Kier molecular flexibility index (Phi) is 4.47. The molecular weight excluding hydrogens is 320 g/mol. The van der Waals surface area contributed by atoms with Crippen LogP contribution >= 0.6 is 0 Å². The van der Waals surface area contributed by atoms with Crippen molar-refractivity contribution in [2.45, 2.75) is 31.8 Å². The van der Waals surface area contributed by atoms with Crippen LogP contribution in [0.4, 0.5) is 0 Å². The molecule has 1 N–H and O–H groups in total. The molecule has 3 rings (SSSR count). The van der Waals surface area contributed by atoms with Crippen LogP contribution in [0, 0.1) is 0 Å². The van der Waals surface area contributed by atoms with Gasteiger partial charge in [-0.25, -0.2) is 8.42 Å². The zero-order valence-corrected chi connectivity index (χ0v) is 13.3. The van der Waals surface area contributed by atoms with E-state index in [0.29, 0.717) is 11.1 Å². The highest BCUT2D eigenvalue weighted by atomic mass is 32.2. The van der Waals surface area contributed by atoms with Crippen molar-refractivity contribution in [2.75, 3.05) is 12.3 Å². The number of imide groups is 1. The third kappa shape index (κ3) is 3.44. The number of nitrogens with zero attached hydrogens (tertiary/aromatic N) is 1. The summed E-state index contributed by atoms with van der Waals surface area (Å²) in [5.74, 6) is -1.31. The fourth-order valence-corrected chi connectivity index (χ4v) is 3.63. The number of carbonyl (C=O) groups excluding carboxylic acids is 2. The van der Waals surface area contributed by atoms with Crippen LogP contribution in [0.5, 0.6) is 0 Å². The molecule has 1 heterocycles. The van der Waals surface area contributed by atoms with Crippen LogP contribution in [0.3, 0.4) is 0 Å². The minimum Gasteiger partial charge on any atom is -0.284 e. The van der Waals surface area contributed by atoms with Crippen LogP contribution in [0.15, 0.2) is 24.3 Å². The highest BCUT2D eigenvalue weighted by Gasteiger charge is 2.35. The monoisotopic (exact) mass is 338 g/mol. The number of benzene rings is 1. The van der Waals surface area contributed by atoms with E-state index in [-0.39, 0.29) is 18.4 Å². The molecule has 0 saturated heterocycles. The summed E-state index contributed by atoms with van der Waals surface area (Å²) >= 11 is 0. The molecule has 1 aromatic carbocycles. The molecule has 0 unspecified atom stereocenters. The van der Waals surface area contributed by atoms with E-state index in [9.17, 15) is 18.0 Å². The maximum absolute atomic E-state index is 12.1. The van der Waals surface area contributed by atoms with E-state index in [0.717, 1.165) is 30.6 Å². The van der Waals surface area contributed by atoms with Gasteiger partial charge in [-0.1, -0.05) is 29.9 Å². The Morgan fingerprint density at radius 1 is 1.09 bits per heavy atom. The lowest BCUT2D eigenvalue weighted by Crippen LogP contribution is -2.38. The Balaban J connectivity index is 1.58. The fraction of sp³-hybridized carbons (Fsp3) is 0.467. The van der Waals surface area contributed by atoms with Crippen molar-refractivity contribution in [1.29, 1.82) is 0 Å². The molecule has 7 nitrogen and oxygen atoms in total. The van der Waals surface area contributed by atoms with Crippen LogP contribution in [0.25, 0.3) is 0 Å². The van der Waals surface area contributed by atoms with Crippen LogP contribution in [-0.4, -0.2) is 43.5 Å². The summed E-state index contributed by atoms with van der Waals surface area (Å²) in [6, 6.07) is 6.46. The van der Waals surface area contributed by atoms with Gasteiger partial charge in [-0.3, -0.25) is 19.3 Å². The predicted molar refractivity (Wildman–Crippen MR) is 82.1 cm³/mol. The topological polar surface area (TPSA) is 92.8 Å². The number of fused-ring (bicyclic) bond motifs is 1. The maximum atomic E-state index is 12.1. The molecule has 8 heteroatoms. The summed E-state index contributed by atoms with van der Waals surface area (Å²) < 4.78 is 23.9. The van der Waals surface area contributed by atoms with Crippen LogP contribution < -0.4 is 4.89 Å². The van der Waals surface area contributed by atoms with Crippen LogP contribution in [-0.2, 0) is 14.9 Å². The van der Waals surface area contributed by atoms with Gasteiger partial charge in [-0.05, 0) is 25.0 Å². The number of hydrogen-bond acceptors (Lipinski definition) is 5. The quantitative estimate of drug-likeness (QED) is 0.619. The normalized spacial score (nSPS) is 18.7. The van der Waals surface area contributed by atoms with Gasteiger partial charge in [0.25, 0.3) is 11.8 Å². The minimum absolute atomic E-state index is 0.0934. The minimum atomic E-state index is -3.71. The zero-order chi connectivity index (χ0) is 16.4. The molecule has 0 spiro atoms. The van der Waals surface area contributed by atoms with E-state index >= 15 is 0 Å². The standard InChI is InChI=1S/C15H18N2O5S/c18-14-12-7-3-4-8-13(12)15(19)17(14)9-10-23(20,21)16-22-11-5-1-2-6-11/h3-4,7-8,11,16H,1-2,5-6,9-10H2. The van der Waals surface area contributed by atoms with E-state index in [1.165, 1.54) is 0 Å². The van der Waals surface area contributed by atoms with Crippen molar-refractivity contribution in [2.24, 2.45) is 0 Å². The molecule has 1 aliphatic heterocycles. The summed E-state index contributed by atoms with van der Waals surface area (Å²) in [4.78, 5) is 32.5. The second-order valence-electron chi connectivity index (χ2n) is 5.73. The van der Waals surface area contributed by atoms with E-state index in [4.69, 9.17) is 4.84 Å². The molecule has 1 fully saturated rings. The first-order valence-corrected chi connectivity index (χ1v) is 9.23. The highest BCUT2D eigenvalue weighted by Crippen LogP contribution is 2.22. The van der Waals surface area contributed by atoms with Gasteiger partial charge in [0.1, 0.15) is 0 Å². The lowest BCUT2D eigenvalue weighted by Gasteiger charge is -2.15. The van der Waals surface area contributed by atoms with E-state index in [1.54, 1.807) is 24.3 Å². The molecule has 0 atom stereocenters. The first-order chi connectivity index (χ1) is 11.0. The Bertz CT molecular complexity index is 690. The van der Waals surface area contributed by atoms with Gasteiger partial charge in [0.05, 0.1) is 23.0 Å². The van der Waals surface area contributed by atoms with E-state index in [2.05, 4.69) is 4.89 Å². The fourth-order valence-electron chi connectivity index (χ4n) is 2.84. The van der Waals surface area contributed by atoms with Gasteiger partial charge < -0.3 is 0 Å². The molecule has 2 amide bonds. The summed E-state index contributed by atoms with van der Waals surface area (Å²) in [5, 5.41) is 0. The van der Waals surface area contributed by atoms with Gasteiger partial charge in [-0.2, -0.15) is 0 Å². The Morgan fingerprint density at radius 2 is 1.65 bits per heavy atom. The Hall–Kier alpha value is -1.77. The Labute approximate surface area is 134 Å². The second-order valence-corrected chi connectivity index (χ2v) is 7.54.